The normalized spacial score (nSPS) is 15.9. The van der Waals surface area contributed by atoms with Crippen molar-refractivity contribution in [2.45, 2.75) is 38.6 Å². The first-order valence-corrected chi connectivity index (χ1v) is 6.76. The fourth-order valence-corrected chi connectivity index (χ4v) is 2.47. The molecule has 0 saturated heterocycles. The minimum Gasteiger partial charge on any atom is -0.358 e. The van der Waals surface area contributed by atoms with Crippen molar-refractivity contribution in [1.82, 2.24) is 10.6 Å². The number of fused-ring (bicyclic) bond motifs is 1. The van der Waals surface area contributed by atoms with Crippen molar-refractivity contribution in [3.8, 4) is 0 Å². The van der Waals surface area contributed by atoms with Crippen molar-refractivity contribution < 1.29 is 4.79 Å². The van der Waals surface area contributed by atoms with Gasteiger partial charge in [-0.3, -0.25) is 4.79 Å². The van der Waals surface area contributed by atoms with E-state index in [0.717, 1.165) is 0 Å². The lowest BCUT2D eigenvalue weighted by molar-refractivity contribution is -0.119. The van der Waals surface area contributed by atoms with Crippen molar-refractivity contribution in [2.24, 2.45) is 0 Å². The lowest BCUT2D eigenvalue weighted by Gasteiger charge is -2.19. The number of hydrogen-bond donors (Lipinski definition) is 2. The Balaban J connectivity index is 2.01. The predicted molar refractivity (Wildman–Crippen MR) is 73.6 cm³/mol. The number of rotatable bonds is 4. The number of likely N-dealkylation sites (N-methyl/N-ethyl adjacent to an activating group) is 1. The van der Waals surface area contributed by atoms with Crippen LogP contribution in [0.3, 0.4) is 0 Å². The van der Waals surface area contributed by atoms with E-state index in [4.69, 9.17) is 0 Å². The number of hydrogen-bond acceptors (Lipinski definition) is 2. The Kier molecular flexibility index (Phi) is 4.37. The molecule has 1 aromatic carbocycles. The van der Waals surface area contributed by atoms with Gasteiger partial charge in [0.25, 0.3) is 0 Å². The summed E-state index contributed by atoms with van der Waals surface area (Å²) in [4.78, 5) is 11.2. The van der Waals surface area contributed by atoms with E-state index in [9.17, 15) is 4.79 Å². The summed E-state index contributed by atoms with van der Waals surface area (Å²) < 4.78 is 0. The standard InChI is InChI=1S/C15H22N2O/c1-11(17-10-15(18)16-2)13-8-7-12-5-3-4-6-14(12)9-13/h7-9,11,17H,3-6,10H2,1-2H3,(H,16,18). The molecule has 3 heteroatoms. The predicted octanol–water partition coefficient (Wildman–Crippen LogP) is 1.96. The molecular formula is C15H22N2O. The zero-order chi connectivity index (χ0) is 13.0. The summed E-state index contributed by atoms with van der Waals surface area (Å²) in [5, 5.41) is 5.86. The second-order valence-electron chi connectivity index (χ2n) is 5.01. The van der Waals surface area contributed by atoms with E-state index in [2.05, 4.69) is 35.8 Å². The van der Waals surface area contributed by atoms with Gasteiger partial charge in [-0.05, 0) is 49.3 Å². The fraction of sp³-hybridized carbons (Fsp3) is 0.533. The van der Waals surface area contributed by atoms with Gasteiger partial charge in [-0.2, -0.15) is 0 Å². The van der Waals surface area contributed by atoms with E-state index in [1.54, 1.807) is 7.05 Å². The maximum absolute atomic E-state index is 11.2. The Bertz CT molecular complexity index is 429. The van der Waals surface area contributed by atoms with Crippen molar-refractivity contribution >= 4 is 5.91 Å². The molecule has 3 nitrogen and oxygen atoms in total. The molecule has 1 atom stereocenters. The minimum atomic E-state index is 0.0276. The van der Waals surface area contributed by atoms with Gasteiger partial charge in [-0.25, -0.2) is 0 Å². The highest BCUT2D eigenvalue weighted by molar-refractivity contribution is 5.77. The van der Waals surface area contributed by atoms with Gasteiger partial charge in [-0.1, -0.05) is 18.2 Å². The molecule has 1 aliphatic carbocycles. The molecule has 1 amide bonds. The molecule has 2 N–H and O–H groups in total. The van der Waals surface area contributed by atoms with E-state index in [0.29, 0.717) is 6.54 Å². The Morgan fingerprint density at radius 2 is 2.00 bits per heavy atom. The second-order valence-corrected chi connectivity index (χ2v) is 5.01. The smallest absolute Gasteiger partial charge is 0.233 e. The average Bonchev–Trinajstić information content (AvgIpc) is 2.43. The molecule has 0 saturated carbocycles. The summed E-state index contributed by atoms with van der Waals surface area (Å²) in [7, 11) is 1.66. The molecule has 0 heterocycles. The first-order valence-electron chi connectivity index (χ1n) is 6.76. The van der Waals surface area contributed by atoms with Crippen molar-refractivity contribution in [2.75, 3.05) is 13.6 Å². The lowest BCUT2D eigenvalue weighted by atomic mass is 9.89. The second kappa shape index (κ2) is 6.01. The third-order valence-electron chi connectivity index (χ3n) is 3.72. The van der Waals surface area contributed by atoms with E-state index in [1.165, 1.54) is 42.4 Å². The quantitative estimate of drug-likeness (QED) is 0.852. The molecule has 0 radical (unpaired) electrons. The molecule has 0 fully saturated rings. The van der Waals surface area contributed by atoms with Gasteiger partial charge in [0, 0.05) is 13.1 Å². The van der Waals surface area contributed by atoms with Gasteiger partial charge in [0.15, 0.2) is 0 Å². The van der Waals surface area contributed by atoms with Crippen LogP contribution in [0, 0.1) is 0 Å². The molecule has 1 aliphatic rings. The molecule has 1 unspecified atom stereocenters. The molecule has 0 bridgehead atoms. The summed E-state index contributed by atoms with van der Waals surface area (Å²) in [5.41, 5.74) is 4.27. The highest BCUT2D eigenvalue weighted by atomic mass is 16.1. The highest BCUT2D eigenvalue weighted by Gasteiger charge is 2.12. The molecule has 18 heavy (non-hydrogen) atoms. The van der Waals surface area contributed by atoms with E-state index < -0.39 is 0 Å². The molecule has 0 aliphatic heterocycles. The molecule has 2 rings (SSSR count). The van der Waals surface area contributed by atoms with Gasteiger partial charge in [-0.15, -0.1) is 0 Å². The van der Waals surface area contributed by atoms with Gasteiger partial charge in [0.2, 0.25) is 5.91 Å². The molecule has 1 aromatic rings. The van der Waals surface area contributed by atoms with Crippen LogP contribution in [0.15, 0.2) is 18.2 Å². The zero-order valence-electron chi connectivity index (χ0n) is 11.3. The van der Waals surface area contributed by atoms with Crippen LogP contribution in [0.25, 0.3) is 0 Å². The average molecular weight is 246 g/mol. The van der Waals surface area contributed by atoms with Crippen LogP contribution in [0.4, 0.5) is 0 Å². The summed E-state index contributed by atoms with van der Waals surface area (Å²) >= 11 is 0. The van der Waals surface area contributed by atoms with Crippen LogP contribution in [0.5, 0.6) is 0 Å². The third-order valence-corrected chi connectivity index (χ3v) is 3.72. The number of carbonyl (C=O) groups is 1. The summed E-state index contributed by atoms with van der Waals surface area (Å²) in [6.07, 6.45) is 5.04. The Morgan fingerprint density at radius 3 is 2.72 bits per heavy atom. The minimum absolute atomic E-state index is 0.0276. The van der Waals surface area contributed by atoms with E-state index >= 15 is 0 Å². The summed E-state index contributed by atoms with van der Waals surface area (Å²) in [6, 6.07) is 6.96. The molecule has 98 valence electrons. The van der Waals surface area contributed by atoms with Gasteiger partial charge < -0.3 is 10.6 Å². The fourth-order valence-electron chi connectivity index (χ4n) is 2.47. The Labute approximate surface area is 109 Å². The Hall–Kier alpha value is -1.35. The van der Waals surface area contributed by atoms with E-state index in [1.807, 2.05) is 0 Å². The molecule has 0 spiro atoms. The van der Waals surface area contributed by atoms with Crippen LogP contribution in [-0.2, 0) is 17.6 Å². The number of aryl methyl sites for hydroxylation is 2. The van der Waals surface area contributed by atoms with Gasteiger partial charge >= 0.3 is 0 Å². The summed E-state index contributed by atoms with van der Waals surface area (Å²) in [6.45, 7) is 2.47. The number of carbonyl (C=O) groups excluding carboxylic acids is 1. The first-order chi connectivity index (χ1) is 8.70. The number of amides is 1. The lowest BCUT2D eigenvalue weighted by Crippen LogP contribution is -2.32. The number of nitrogens with one attached hydrogen (secondary N) is 2. The monoisotopic (exact) mass is 246 g/mol. The summed E-state index contributed by atoms with van der Waals surface area (Å²) in [5.74, 6) is 0.0276. The maximum atomic E-state index is 11.2. The molecular weight excluding hydrogens is 224 g/mol. The Morgan fingerprint density at radius 1 is 1.28 bits per heavy atom. The van der Waals surface area contributed by atoms with Crippen molar-refractivity contribution in [1.29, 1.82) is 0 Å². The van der Waals surface area contributed by atoms with Crippen molar-refractivity contribution in [3.63, 3.8) is 0 Å². The largest absolute Gasteiger partial charge is 0.358 e. The molecule has 0 aromatic heterocycles. The van der Waals surface area contributed by atoms with Crippen LogP contribution in [0.1, 0.15) is 42.5 Å². The number of benzene rings is 1. The van der Waals surface area contributed by atoms with Crippen LogP contribution < -0.4 is 10.6 Å². The van der Waals surface area contributed by atoms with Crippen molar-refractivity contribution in [3.05, 3.63) is 34.9 Å². The van der Waals surface area contributed by atoms with Gasteiger partial charge in [0.05, 0.1) is 6.54 Å². The van der Waals surface area contributed by atoms with Crippen LogP contribution >= 0.6 is 0 Å². The SMILES string of the molecule is CNC(=O)CNC(C)c1ccc2c(c1)CCCC2. The van der Waals surface area contributed by atoms with Crippen LogP contribution in [-0.4, -0.2) is 19.5 Å². The third kappa shape index (κ3) is 3.10. The van der Waals surface area contributed by atoms with Gasteiger partial charge in [0.1, 0.15) is 0 Å². The van der Waals surface area contributed by atoms with E-state index in [-0.39, 0.29) is 11.9 Å². The topological polar surface area (TPSA) is 41.1 Å². The maximum Gasteiger partial charge on any atom is 0.233 e. The zero-order valence-corrected chi connectivity index (χ0v) is 11.3. The first kappa shape index (κ1) is 13.1. The highest BCUT2D eigenvalue weighted by Crippen LogP contribution is 2.24. The van der Waals surface area contributed by atoms with Crippen LogP contribution in [0.2, 0.25) is 0 Å².